The SMILES string of the molecule is C=C(C)C(=O)O.C=C(C)C(=O)O.CCC.CNC. The molecule has 108 valence electrons. The van der Waals surface area contributed by atoms with E-state index in [1.807, 2.05) is 14.1 Å². The smallest absolute Gasteiger partial charge is 0.330 e. The van der Waals surface area contributed by atoms with Gasteiger partial charge in [0.15, 0.2) is 0 Å². The molecule has 0 saturated heterocycles. The summed E-state index contributed by atoms with van der Waals surface area (Å²) in [6, 6.07) is 0. The number of hydrogen-bond donors (Lipinski definition) is 3. The molecule has 0 aliphatic carbocycles. The summed E-state index contributed by atoms with van der Waals surface area (Å²) in [5, 5.41) is 18.5. The quantitative estimate of drug-likeness (QED) is 0.665. The summed E-state index contributed by atoms with van der Waals surface area (Å²) in [6.07, 6.45) is 1.25. The molecule has 0 atom stereocenters. The predicted octanol–water partition coefficient (Wildman–Crippen LogP) is 2.55. The lowest BCUT2D eigenvalue weighted by Crippen LogP contribution is -1.92. The van der Waals surface area contributed by atoms with Crippen molar-refractivity contribution in [2.24, 2.45) is 0 Å². The van der Waals surface area contributed by atoms with Crippen LogP contribution in [0.2, 0.25) is 0 Å². The molecule has 0 radical (unpaired) electrons. The zero-order valence-corrected chi connectivity index (χ0v) is 12.3. The lowest BCUT2D eigenvalue weighted by atomic mass is 10.4. The Labute approximate surface area is 110 Å². The van der Waals surface area contributed by atoms with E-state index in [-0.39, 0.29) is 11.1 Å². The molecular formula is C13H27NO4. The highest BCUT2D eigenvalue weighted by Crippen LogP contribution is 1.81. The van der Waals surface area contributed by atoms with Crippen LogP contribution in [0.25, 0.3) is 0 Å². The largest absolute Gasteiger partial charge is 0.478 e. The first kappa shape index (κ1) is 25.3. The minimum absolute atomic E-state index is 0.176. The lowest BCUT2D eigenvalue weighted by molar-refractivity contribution is -0.133. The number of hydrogen-bond acceptors (Lipinski definition) is 3. The van der Waals surface area contributed by atoms with Gasteiger partial charge in [0.05, 0.1) is 0 Å². The van der Waals surface area contributed by atoms with Crippen molar-refractivity contribution < 1.29 is 19.8 Å². The van der Waals surface area contributed by atoms with E-state index in [0.29, 0.717) is 0 Å². The number of aliphatic carboxylic acids is 2. The number of carboxylic acid groups (broad SMARTS) is 2. The highest BCUT2D eigenvalue weighted by molar-refractivity contribution is 5.85. The Bertz CT molecular complexity index is 197. The average Bonchev–Trinajstić information content (AvgIpc) is 2.20. The fraction of sp³-hybridized carbons (Fsp3) is 0.538. The monoisotopic (exact) mass is 261 g/mol. The van der Waals surface area contributed by atoms with E-state index in [4.69, 9.17) is 10.2 Å². The number of nitrogens with one attached hydrogen (secondary N) is 1. The fourth-order valence-electron chi connectivity index (χ4n) is 0. The molecule has 0 bridgehead atoms. The minimum Gasteiger partial charge on any atom is -0.478 e. The van der Waals surface area contributed by atoms with E-state index in [9.17, 15) is 9.59 Å². The molecule has 0 rings (SSSR count). The van der Waals surface area contributed by atoms with E-state index in [1.165, 1.54) is 20.3 Å². The molecule has 5 heteroatoms. The summed E-state index contributed by atoms with van der Waals surface area (Å²) in [4.78, 5) is 19.2. The van der Waals surface area contributed by atoms with Crippen LogP contribution >= 0.6 is 0 Å². The molecule has 0 aromatic carbocycles. The molecule has 0 aliphatic heterocycles. The maximum absolute atomic E-state index is 9.60. The Kier molecular flexibility index (Phi) is 29.1. The van der Waals surface area contributed by atoms with Gasteiger partial charge in [-0.25, -0.2) is 9.59 Å². The van der Waals surface area contributed by atoms with Crippen LogP contribution < -0.4 is 5.32 Å². The standard InChI is InChI=1S/2C4H6O2.C3H8.C2H7N/c2*1-3(2)4(5)6;2*1-3-2/h2*1H2,2H3,(H,5,6);3H2,1-2H3;3H,1-2H3. The first-order chi connectivity index (χ1) is 8.11. The first-order valence-electron chi connectivity index (χ1n) is 5.48. The molecule has 0 heterocycles. The fourth-order valence-corrected chi connectivity index (χ4v) is 0. The van der Waals surface area contributed by atoms with Gasteiger partial charge in [0.1, 0.15) is 0 Å². The summed E-state index contributed by atoms with van der Waals surface area (Å²) in [5.74, 6) is -1.87. The molecular weight excluding hydrogens is 234 g/mol. The van der Waals surface area contributed by atoms with E-state index >= 15 is 0 Å². The molecule has 5 nitrogen and oxygen atoms in total. The highest BCUT2D eigenvalue weighted by Gasteiger charge is 1.90. The van der Waals surface area contributed by atoms with Gasteiger partial charge >= 0.3 is 11.9 Å². The Morgan fingerprint density at radius 1 is 0.944 bits per heavy atom. The van der Waals surface area contributed by atoms with Crippen molar-refractivity contribution in [3.8, 4) is 0 Å². The Morgan fingerprint density at radius 2 is 1.00 bits per heavy atom. The number of rotatable bonds is 2. The van der Waals surface area contributed by atoms with Crippen molar-refractivity contribution in [3.05, 3.63) is 24.3 Å². The Morgan fingerprint density at radius 3 is 1.00 bits per heavy atom. The molecule has 0 fully saturated rings. The molecule has 0 unspecified atom stereocenters. The molecule has 0 aromatic heterocycles. The highest BCUT2D eigenvalue weighted by atomic mass is 16.4. The van der Waals surface area contributed by atoms with Crippen LogP contribution in [0.4, 0.5) is 0 Å². The zero-order chi connectivity index (χ0) is 15.7. The molecule has 18 heavy (non-hydrogen) atoms. The maximum Gasteiger partial charge on any atom is 0.330 e. The second-order valence-electron chi connectivity index (χ2n) is 3.38. The molecule has 3 N–H and O–H groups in total. The van der Waals surface area contributed by atoms with E-state index in [1.54, 1.807) is 0 Å². The van der Waals surface area contributed by atoms with Gasteiger partial charge in [-0.15, -0.1) is 0 Å². The molecule has 0 aromatic rings. The summed E-state index contributed by atoms with van der Waals surface area (Å²) in [7, 11) is 3.75. The Hall–Kier alpha value is -1.62. The van der Waals surface area contributed by atoms with Crippen molar-refractivity contribution in [2.75, 3.05) is 14.1 Å². The summed E-state index contributed by atoms with van der Waals surface area (Å²) >= 11 is 0. The molecule has 0 aliphatic rings. The third-order valence-electron chi connectivity index (χ3n) is 0.730. The van der Waals surface area contributed by atoms with Crippen LogP contribution in [-0.4, -0.2) is 36.2 Å². The van der Waals surface area contributed by atoms with E-state index in [2.05, 4.69) is 32.3 Å². The van der Waals surface area contributed by atoms with Crippen molar-refractivity contribution in [2.45, 2.75) is 34.1 Å². The van der Waals surface area contributed by atoms with Gasteiger partial charge in [0.25, 0.3) is 0 Å². The maximum atomic E-state index is 9.60. The second kappa shape index (κ2) is 20.8. The first-order valence-corrected chi connectivity index (χ1v) is 5.48. The Balaban J connectivity index is -0.0000000770. The molecule has 0 spiro atoms. The summed E-state index contributed by atoms with van der Waals surface area (Å²) in [6.45, 7) is 13.5. The van der Waals surface area contributed by atoms with Gasteiger partial charge in [-0.2, -0.15) is 0 Å². The number of carbonyl (C=O) groups is 2. The van der Waals surface area contributed by atoms with E-state index in [0.717, 1.165) is 0 Å². The van der Waals surface area contributed by atoms with Gasteiger partial charge in [0.2, 0.25) is 0 Å². The third-order valence-corrected chi connectivity index (χ3v) is 0.730. The second-order valence-corrected chi connectivity index (χ2v) is 3.38. The van der Waals surface area contributed by atoms with Gasteiger partial charge in [0, 0.05) is 11.1 Å². The van der Waals surface area contributed by atoms with Crippen LogP contribution in [0.3, 0.4) is 0 Å². The topological polar surface area (TPSA) is 86.6 Å². The van der Waals surface area contributed by atoms with Crippen molar-refractivity contribution in [1.29, 1.82) is 0 Å². The van der Waals surface area contributed by atoms with Crippen LogP contribution in [0.1, 0.15) is 34.1 Å². The normalized spacial score (nSPS) is 7.00. The van der Waals surface area contributed by atoms with Crippen molar-refractivity contribution in [3.63, 3.8) is 0 Å². The van der Waals surface area contributed by atoms with E-state index < -0.39 is 11.9 Å². The van der Waals surface area contributed by atoms with Gasteiger partial charge in [-0.05, 0) is 27.9 Å². The van der Waals surface area contributed by atoms with Crippen LogP contribution in [0, 0.1) is 0 Å². The average molecular weight is 261 g/mol. The van der Waals surface area contributed by atoms with Crippen LogP contribution in [0.15, 0.2) is 24.3 Å². The minimum atomic E-state index is -0.935. The lowest BCUT2D eigenvalue weighted by Gasteiger charge is -1.79. The zero-order valence-electron chi connectivity index (χ0n) is 12.3. The van der Waals surface area contributed by atoms with Crippen molar-refractivity contribution >= 4 is 11.9 Å². The molecule has 0 amide bonds. The molecule has 0 saturated carbocycles. The van der Waals surface area contributed by atoms with Crippen LogP contribution in [-0.2, 0) is 9.59 Å². The van der Waals surface area contributed by atoms with Crippen molar-refractivity contribution in [1.82, 2.24) is 5.32 Å². The van der Waals surface area contributed by atoms with Gasteiger partial charge < -0.3 is 15.5 Å². The summed E-state index contributed by atoms with van der Waals surface area (Å²) in [5.41, 5.74) is 0.352. The van der Waals surface area contributed by atoms with Gasteiger partial charge in [-0.3, -0.25) is 0 Å². The number of carboxylic acids is 2. The summed E-state index contributed by atoms with van der Waals surface area (Å²) < 4.78 is 0. The van der Waals surface area contributed by atoms with Gasteiger partial charge in [-0.1, -0.05) is 33.4 Å². The predicted molar refractivity (Wildman–Crippen MR) is 75.8 cm³/mol. The van der Waals surface area contributed by atoms with Crippen LogP contribution in [0.5, 0.6) is 0 Å². The third kappa shape index (κ3) is 63.2.